The highest BCUT2D eigenvalue weighted by molar-refractivity contribution is 5.00. The molecule has 0 aromatic rings. The molecule has 1 fully saturated rings. The lowest BCUT2D eigenvalue weighted by molar-refractivity contribution is 0.0537. The molecule has 1 aliphatic rings. The van der Waals surface area contributed by atoms with E-state index >= 15 is 0 Å². The molecule has 2 nitrogen and oxygen atoms in total. The average Bonchev–Trinajstić information content (AvgIpc) is 2.19. The molecule has 0 amide bonds. The summed E-state index contributed by atoms with van der Waals surface area (Å²) < 4.78 is 5.52. The minimum atomic E-state index is -0.0624. The van der Waals surface area contributed by atoms with E-state index in [-0.39, 0.29) is 11.5 Å². The van der Waals surface area contributed by atoms with Gasteiger partial charge in [0.2, 0.25) is 0 Å². The van der Waals surface area contributed by atoms with Crippen molar-refractivity contribution >= 4 is 0 Å². The van der Waals surface area contributed by atoms with Gasteiger partial charge in [0.05, 0.1) is 17.6 Å². The monoisotopic (exact) mass is 195 g/mol. The Morgan fingerprint density at radius 1 is 1.29 bits per heavy atom. The second-order valence-electron chi connectivity index (χ2n) is 4.62. The summed E-state index contributed by atoms with van der Waals surface area (Å²) in [5.41, 5.74) is -0.0624. The van der Waals surface area contributed by atoms with E-state index in [2.05, 4.69) is 6.07 Å². The first-order valence-electron chi connectivity index (χ1n) is 5.71. The van der Waals surface area contributed by atoms with Crippen molar-refractivity contribution in [3.05, 3.63) is 0 Å². The third kappa shape index (κ3) is 3.31. The maximum absolute atomic E-state index is 9.20. The molecule has 0 aromatic heterocycles. The number of ether oxygens (including phenoxy) is 1. The van der Waals surface area contributed by atoms with E-state index in [4.69, 9.17) is 4.74 Å². The highest BCUT2D eigenvalue weighted by Crippen LogP contribution is 2.38. The Kier molecular flexibility index (Phi) is 4.41. The Morgan fingerprint density at radius 2 is 1.93 bits per heavy atom. The van der Waals surface area contributed by atoms with Crippen LogP contribution < -0.4 is 0 Å². The number of nitrogens with zero attached hydrogens (tertiary/aromatic N) is 1. The highest BCUT2D eigenvalue weighted by Gasteiger charge is 2.31. The van der Waals surface area contributed by atoms with Crippen LogP contribution in [0.5, 0.6) is 0 Å². The molecule has 0 N–H and O–H groups in total. The zero-order chi connectivity index (χ0) is 10.4. The normalized spacial score (nSPS) is 20.7. The van der Waals surface area contributed by atoms with Crippen LogP contribution in [0.1, 0.15) is 52.4 Å². The van der Waals surface area contributed by atoms with Crippen molar-refractivity contribution in [3.8, 4) is 6.07 Å². The van der Waals surface area contributed by atoms with E-state index in [1.54, 1.807) is 0 Å². The summed E-state index contributed by atoms with van der Waals surface area (Å²) >= 11 is 0. The van der Waals surface area contributed by atoms with Gasteiger partial charge in [0.15, 0.2) is 0 Å². The predicted octanol–water partition coefficient (Wildman–Crippen LogP) is 3.28. The molecule has 2 heteroatoms. The van der Waals surface area contributed by atoms with E-state index in [0.717, 1.165) is 25.9 Å². The number of rotatable bonds is 4. The van der Waals surface area contributed by atoms with Crippen LogP contribution in [0.2, 0.25) is 0 Å². The first kappa shape index (κ1) is 11.5. The first-order chi connectivity index (χ1) is 6.68. The Hall–Kier alpha value is -0.550. The van der Waals surface area contributed by atoms with Crippen LogP contribution in [0.25, 0.3) is 0 Å². The van der Waals surface area contributed by atoms with Gasteiger partial charge in [-0.25, -0.2) is 0 Å². The third-order valence-corrected chi connectivity index (χ3v) is 3.08. The molecular formula is C12H21NO. The summed E-state index contributed by atoms with van der Waals surface area (Å²) in [6, 6.07) is 2.51. The summed E-state index contributed by atoms with van der Waals surface area (Å²) in [6.07, 6.45) is 7.09. The lowest BCUT2D eigenvalue weighted by atomic mass is 9.73. The largest absolute Gasteiger partial charge is 0.379 e. The fourth-order valence-electron chi connectivity index (χ4n) is 2.14. The van der Waals surface area contributed by atoms with Gasteiger partial charge in [-0.2, -0.15) is 5.26 Å². The molecule has 0 bridgehead atoms. The van der Waals surface area contributed by atoms with E-state index < -0.39 is 0 Å². The maximum atomic E-state index is 9.20. The van der Waals surface area contributed by atoms with Crippen LogP contribution >= 0.6 is 0 Å². The summed E-state index contributed by atoms with van der Waals surface area (Å²) in [6.45, 7) is 4.82. The smallest absolute Gasteiger partial charge is 0.0690 e. The Bertz CT molecular complexity index is 199. The molecule has 0 heterocycles. The maximum Gasteiger partial charge on any atom is 0.0690 e. The van der Waals surface area contributed by atoms with Crippen molar-refractivity contribution < 1.29 is 4.74 Å². The number of hydrogen-bond acceptors (Lipinski definition) is 2. The lowest BCUT2D eigenvalue weighted by Gasteiger charge is -2.30. The van der Waals surface area contributed by atoms with Gasteiger partial charge in [-0.3, -0.25) is 0 Å². The van der Waals surface area contributed by atoms with Crippen LogP contribution in [0.3, 0.4) is 0 Å². The van der Waals surface area contributed by atoms with Gasteiger partial charge in [0.1, 0.15) is 0 Å². The molecular weight excluding hydrogens is 174 g/mol. The Morgan fingerprint density at radius 3 is 2.43 bits per heavy atom. The van der Waals surface area contributed by atoms with Crippen LogP contribution in [-0.4, -0.2) is 12.7 Å². The van der Waals surface area contributed by atoms with E-state index in [1.165, 1.54) is 19.3 Å². The molecule has 0 spiro atoms. The molecule has 14 heavy (non-hydrogen) atoms. The third-order valence-electron chi connectivity index (χ3n) is 3.08. The molecule has 80 valence electrons. The quantitative estimate of drug-likeness (QED) is 0.689. The summed E-state index contributed by atoms with van der Waals surface area (Å²) in [5, 5.41) is 9.20. The molecule has 1 saturated carbocycles. The van der Waals surface area contributed by atoms with Crippen molar-refractivity contribution in [2.45, 2.75) is 58.5 Å². The van der Waals surface area contributed by atoms with Gasteiger partial charge in [0.25, 0.3) is 0 Å². The van der Waals surface area contributed by atoms with Crippen molar-refractivity contribution in [2.24, 2.45) is 5.41 Å². The topological polar surface area (TPSA) is 33.0 Å². The number of hydrogen-bond donors (Lipinski definition) is 0. The lowest BCUT2D eigenvalue weighted by Crippen LogP contribution is -2.24. The first-order valence-corrected chi connectivity index (χ1v) is 5.71. The highest BCUT2D eigenvalue weighted by atomic mass is 16.5. The molecule has 0 aliphatic heterocycles. The van der Waals surface area contributed by atoms with Gasteiger partial charge in [-0.1, -0.05) is 19.3 Å². The van der Waals surface area contributed by atoms with Crippen molar-refractivity contribution in [1.29, 1.82) is 5.26 Å². The standard InChI is InChI=1S/C12H21NO/c1-11(2)14-9-8-12(10-13)6-4-3-5-7-12/h11H,3-9H2,1-2H3. The molecule has 0 saturated heterocycles. The summed E-state index contributed by atoms with van der Waals surface area (Å²) in [7, 11) is 0. The van der Waals surface area contributed by atoms with Crippen LogP contribution in [0.15, 0.2) is 0 Å². The van der Waals surface area contributed by atoms with Crippen LogP contribution in [-0.2, 0) is 4.74 Å². The second kappa shape index (κ2) is 5.36. The minimum absolute atomic E-state index is 0.0624. The number of nitriles is 1. The van der Waals surface area contributed by atoms with E-state index in [0.29, 0.717) is 0 Å². The minimum Gasteiger partial charge on any atom is -0.379 e. The average molecular weight is 195 g/mol. The van der Waals surface area contributed by atoms with Gasteiger partial charge in [-0.15, -0.1) is 0 Å². The predicted molar refractivity (Wildman–Crippen MR) is 56.8 cm³/mol. The zero-order valence-corrected chi connectivity index (χ0v) is 9.38. The van der Waals surface area contributed by atoms with Crippen molar-refractivity contribution in [1.82, 2.24) is 0 Å². The van der Waals surface area contributed by atoms with Crippen LogP contribution in [0, 0.1) is 16.7 Å². The molecule has 1 aliphatic carbocycles. The summed E-state index contributed by atoms with van der Waals surface area (Å²) in [5.74, 6) is 0. The fraction of sp³-hybridized carbons (Fsp3) is 0.917. The molecule has 1 rings (SSSR count). The molecule has 0 aromatic carbocycles. The molecule has 0 unspecified atom stereocenters. The fourth-order valence-corrected chi connectivity index (χ4v) is 2.14. The van der Waals surface area contributed by atoms with Gasteiger partial charge in [0, 0.05) is 6.61 Å². The van der Waals surface area contributed by atoms with Crippen molar-refractivity contribution in [2.75, 3.05) is 6.61 Å². The Labute approximate surface area is 87.3 Å². The molecule has 0 atom stereocenters. The van der Waals surface area contributed by atoms with Crippen molar-refractivity contribution in [3.63, 3.8) is 0 Å². The Balaban J connectivity index is 2.34. The SMILES string of the molecule is CC(C)OCCC1(C#N)CCCCC1. The van der Waals surface area contributed by atoms with E-state index in [9.17, 15) is 5.26 Å². The molecule has 0 radical (unpaired) electrons. The van der Waals surface area contributed by atoms with Crippen LogP contribution in [0.4, 0.5) is 0 Å². The summed E-state index contributed by atoms with van der Waals surface area (Å²) in [4.78, 5) is 0. The van der Waals surface area contributed by atoms with Gasteiger partial charge in [-0.05, 0) is 33.1 Å². The zero-order valence-electron chi connectivity index (χ0n) is 9.38. The van der Waals surface area contributed by atoms with Gasteiger partial charge >= 0.3 is 0 Å². The van der Waals surface area contributed by atoms with E-state index in [1.807, 2.05) is 13.8 Å². The second-order valence-corrected chi connectivity index (χ2v) is 4.62. The van der Waals surface area contributed by atoms with Gasteiger partial charge < -0.3 is 4.74 Å².